The van der Waals surface area contributed by atoms with Crippen molar-refractivity contribution in [1.82, 2.24) is 21.3 Å². The second-order valence-corrected chi connectivity index (χ2v) is 6.06. The van der Waals surface area contributed by atoms with Crippen LogP contribution in [-0.2, 0) is 19.2 Å². The topological polar surface area (TPSA) is 137 Å². The fourth-order valence-corrected chi connectivity index (χ4v) is 2.41. The smallest absolute Gasteiger partial charge is 0.325 e. The minimum atomic E-state index is -1.17. The minimum absolute atomic E-state index is 0.0736. The van der Waals surface area contributed by atoms with Crippen LogP contribution in [0.25, 0.3) is 0 Å². The number of rotatable bonds is 8. The Morgan fingerprint density at radius 1 is 1.12 bits per heavy atom. The van der Waals surface area contributed by atoms with Crippen LogP contribution in [0.2, 0.25) is 0 Å². The Morgan fingerprint density at radius 3 is 2.25 bits per heavy atom. The van der Waals surface area contributed by atoms with Crippen molar-refractivity contribution in [3.8, 4) is 0 Å². The molecule has 0 aliphatic carbocycles. The lowest BCUT2D eigenvalue weighted by atomic mass is 10.2. The number of amides is 3. The molecular weight excluding hydrogens is 336 g/mol. The number of carbonyl (C=O) groups excluding carboxylic acids is 3. The van der Waals surface area contributed by atoms with E-state index in [0.717, 1.165) is 13.0 Å². The zero-order valence-electron chi connectivity index (χ0n) is 13.7. The van der Waals surface area contributed by atoms with Gasteiger partial charge in [0.2, 0.25) is 17.7 Å². The van der Waals surface area contributed by atoms with Gasteiger partial charge in [-0.2, -0.15) is 12.6 Å². The molecule has 3 amide bonds. The lowest BCUT2D eigenvalue weighted by Crippen LogP contribution is -2.56. The molecule has 0 saturated carbocycles. The Labute approximate surface area is 145 Å². The fraction of sp³-hybridized carbons (Fsp3) is 0.714. The molecular formula is C14H24N4O5S. The highest BCUT2D eigenvalue weighted by Crippen LogP contribution is 2.05. The fourth-order valence-electron chi connectivity index (χ4n) is 2.15. The van der Waals surface area contributed by atoms with Crippen LogP contribution in [0.5, 0.6) is 0 Å². The van der Waals surface area contributed by atoms with E-state index in [9.17, 15) is 19.2 Å². The second-order valence-electron chi connectivity index (χ2n) is 5.69. The van der Waals surface area contributed by atoms with Crippen LogP contribution < -0.4 is 21.3 Å². The Balaban J connectivity index is 2.51. The first kappa shape index (κ1) is 20.2. The van der Waals surface area contributed by atoms with Crippen LogP contribution in [0.15, 0.2) is 0 Å². The molecule has 136 valence electrons. The maximum atomic E-state index is 12.2. The number of hydrogen-bond donors (Lipinski definition) is 6. The van der Waals surface area contributed by atoms with Crippen LogP contribution in [-0.4, -0.2) is 65.3 Å². The van der Waals surface area contributed by atoms with Crippen molar-refractivity contribution in [2.45, 2.75) is 50.9 Å². The van der Waals surface area contributed by atoms with Gasteiger partial charge in [-0.25, -0.2) is 0 Å². The lowest BCUT2D eigenvalue weighted by Gasteiger charge is -2.21. The van der Waals surface area contributed by atoms with Gasteiger partial charge in [0.15, 0.2) is 0 Å². The second kappa shape index (κ2) is 9.48. The van der Waals surface area contributed by atoms with Crippen molar-refractivity contribution in [2.24, 2.45) is 0 Å². The minimum Gasteiger partial charge on any atom is -0.480 e. The zero-order valence-corrected chi connectivity index (χ0v) is 14.6. The van der Waals surface area contributed by atoms with E-state index in [2.05, 4.69) is 33.9 Å². The van der Waals surface area contributed by atoms with Gasteiger partial charge < -0.3 is 26.4 Å². The van der Waals surface area contributed by atoms with E-state index < -0.39 is 35.9 Å². The normalized spacial score (nSPS) is 20.5. The Kier molecular flexibility index (Phi) is 7.99. The first-order chi connectivity index (χ1) is 11.3. The van der Waals surface area contributed by atoms with E-state index in [1.165, 1.54) is 13.8 Å². The standard InChI is InChI=1S/C14H24N4O5S/c1-7(11(19)17-8(2)14(22)23)16-13(21)10(6-24)18-12(20)9-4-3-5-15-9/h7-10,15,24H,3-6H2,1-2H3,(H,16,21)(H,17,19)(H,18,20)(H,22,23). The summed E-state index contributed by atoms with van der Waals surface area (Å²) >= 11 is 4.05. The van der Waals surface area contributed by atoms with Crippen LogP contribution in [0.1, 0.15) is 26.7 Å². The third-order valence-corrected chi connectivity index (χ3v) is 4.04. The summed E-state index contributed by atoms with van der Waals surface area (Å²) in [5, 5.41) is 19.1. The molecule has 10 heteroatoms. The first-order valence-corrected chi connectivity index (χ1v) is 8.37. The number of thiol groups is 1. The van der Waals surface area contributed by atoms with Gasteiger partial charge in [-0.3, -0.25) is 19.2 Å². The molecule has 0 radical (unpaired) electrons. The first-order valence-electron chi connectivity index (χ1n) is 7.74. The summed E-state index contributed by atoms with van der Waals surface area (Å²) in [5.74, 6) is -2.56. The van der Waals surface area contributed by atoms with Crippen LogP contribution in [0, 0.1) is 0 Å². The maximum absolute atomic E-state index is 12.2. The van der Waals surface area contributed by atoms with Gasteiger partial charge in [0.05, 0.1) is 6.04 Å². The molecule has 0 aromatic carbocycles. The number of aliphatic carboxylic acids is 1. The number of nitrogens with one attached hydrogen (secondary N) is 4. The van der Waals surface area contributed by atoms with Crippen LogP contribution >= 0.6 is 12.6 Å². The van der Waals surface area contributed by atoms with Crippen molar-refractivity contribution in [3.05, 3.63) is 0 Å². The molecule has 24 heavy (non-hydrogen) atoms. The van der Waals surface area contributed by atoms with Crippen molar-refractivity contribution in [3.63, 3.8) is 0 Å². The summed E-state index contributed by atoms with van der Waals surface area (Å²) in [6.45, 7) is 3.51. The molecule has 0 aromatic rings. The summed E-state index contributed by atoms with van der Waals surface area (Å²) in [6, 6.07) is -3.21. The SMILES string of the molecule is CC(NC(=O)C(C)NC(=O)C(CS)NC(=O)C1CCCN1)C(=O)O. The summed E-state index contributed by atoms with van der Waals surface area (Å²) < 4.78 is 0. The third-order valence-electron chi connectivity index (χ3n) is 3.67. The molecule has 1 aliphatic heterocycles. The van der Waals surface area contributed by atoms with E-state index in [4.69, 9.17) is 5.11 Å². The van der Waals surface area contributed by atoms with Crippen LogP contribution in [0.3, 0.4) is 0 Å². The molecule has 1 rings (SSSR count). The van der Waals surface area contributed by atoms with E-state index in [-0.39, 0.29) is 17.7 Å². The predicted octanol–water partition coefficient (Wildman–Crippen LogP) is -1.75. The average Bonchev–Trinajstić information content (AvgIpc) is 3.06. The van der Waals surface area contributed by atoms with Gasteiger partial charge in [-0.15, -0.1) is 0 Å². The number of hydrogen-bond acceptors (Lipinski definition) is 6. The molecule has 4 unspecified atom stereocenters. The number of carbonyl (C=O) groups is 4. The molecule has 1 aliphatic rings. The van der Waals surface area contributed by atoms with E-state index in [1.807, 2.05) is 0 Å². The van der Waals surface area contributed by atoms with Gasteiger partial charge in [0, 0.05) is 5.75 Å². The molecule has 0 spiro atoms. The summed E-state index contributed by atoms with van der Waals surface area (Å²) in [4.78, 5) is 46.7. The number of carboxylic acid groups (broad SMARTS) is 1. The Bertz CT molecular complexity index is 496. The molecule has 1 fully saturated rings. The summed E-state index contributed by atoms with van der Waals surface area (Å²) in [5.41, 5.74) is 0. The van der Waals surface area contributed by atoms with Gasteiger partial charge in [0.1, 0.15) is 18.1 Å². The highest BCUT2D eigenvalue weighted by Gasteiger charge is 2.28. The molecule has 1 saturated heterocycles. The quantitative estimate of drug-likeness (QED) is 0.284. The van der Waals surface area contributed by atoms with Gasteiger partial charge >= 0.3 is 5.97 Å². The number of carboxylic acids is 1. The van der Waals surface area contributed by atoms with Gasteiger partial charge in [-0.05, 0) is 33.2 Å². The maximum Gasteiger partial charge on any atom is 0.325 e. The molecule has 9 nitrogen and oxygen atoms in total. The molecule has 0 bridgehead atoms. The van der Waals surface area contributed by atoms with Crippen LogP contribution in [0.4, 0.5) is 0 Å². The van der Waals surface area contributed by atoms with Crippen molar-refractivity contribution in [1.29, 1.82) is 0 Å². The summed E-state index contributed by atoms with van der Waals surface area (Å²) in [6.07, 6.45) is 1.60. The zero-order chi connectivity index (χ0) is 18.3. The predicted molar refractivity (Wildman–Crippen MR) is 89.7 cm³/mol. The Hall–Kier alpha value is -1.81. The van der Waals surface area contributed by atoms with E-state index >= 15 is 0 Å². The largest absolute Gasteiger partial charge is 0.480 e. The van der Waals surface area contributed by atoms with Gasteiger partial charge in [0.25, 0.3) is 0 Å². The highest BCUT2D eigenvalue weighted by molar-refractivity contribution is 7.80. The van der Waals surface area contributed by atoms with E-state index in [1.54, 1.807) is 0 Å². The highest BCUT2D eigenvalue weighted by atomic mass is 32.1. The molecule has 0 aromatic heterocycles. The summed E-state index contributed by atoms with van der Waals surface area (Å²) in [7, 11) is 0. The molecule has 5 N–H and O–H groups in total. The van der Waals surface area contributed by atoms with Crippen molar-refractivity contribution >= 4 is 36.3 Å². The van der Waals surface area contributed by atoms with Gasteiger partial charge in [-0.1, -0.05) is 0 Å². The lowest BCUT2D eigenvalue weighted by molar-refractivity contribution is -0.141. The molecule has 4 atom stereocenters. The van der Waals surface area contributed by atoms with Crippen molar-refractivity contribution < 1.29 is 24.3 Å². The monoisotopic (exact) mass is 360 g/mol. The third kappa shape index (κ3) is 6.00. The molecule has 1 heterocycles. The average molecular weight is 360 g/mol. The van der Waals surface area contributed by atoms with Crippen molar-refractivity contribution in [2.75, 3.05) is 12.3 Å². The Morgan fingerprint density at radius 2 is 1.75 bits per heavy atom. The van der Waals surface area contributed by atoms with E-state index in [0.29, 0.717) is 6.42 Å².